The Kier molecular flexibility index (Phi) is 9.60. The van der Waals surface area contributed by atoms with Gasteiger partial charge in [-0.05, 0) is 49.1 Å². The van der Waals surface area contributed by atoms with Crippen molar-refractivity contribution >= 4 is 50.7 Å². The normalized spacial score (nSPS) is 14.9. The summed E-state index contributed by atoms with van der Waals surface area (Å²) in [6.07, 6.45) is 4.97. The van der Waals surface area contributed by atoms with Gasteiger partial charge in [0.15, 0.2) is 0 Å². The number of nitrogens with one attached hydrogen (secondary N) is 1. The van der Waals surface area contributed by atoms with Crippen LogP contribution in [0.1, 0.15) is 44.6 Å². The van der Waals surface area contributed by atoms with Crippen LogP contribution >= 0.6 is 23.2 Å². The van der Waals surface area contributed by atoms with Crippen LogP contribution in [0, 0.1) is 5.82 Å². The van der Waals surface area contributed by atoms with Crippen molar-refractivity contribution in [3.63, 3.8) is 0 Å². The van der Waals surface area contributed by atoms with Crippen LogP contribution in [0.5, 0.6) is 0 Å². The van der Waals surface area contributed by atoms with Crippen LogP contribution in [0.25, 0.3) is 0 Å². The Morgan fingerprint density at radius 3 is 2.39 bits per heavy atom. The molecule has 0 aliphatic heterocycles. The van der Waals surface area contributed by atoms with Crippen LogP contribution in [0.2, 0.25) is 10.0 Å². The Morgan fingerprint density at radius 2 is 1.81 bits per heavy atom. The number of carbonyl (C=O) groups is 2. The summed E-state index contributed by atoms with van der Waals surface area (Å²) >= 11 is 12.4. The number of anilines is 1. The first kappa shape index (κ1) is 28.2. The van der Waals surface area contributed by atoms with Gasteiger partial charge in [0.05, 0.1) is 11.9 Å². The number of rotatable bonds is 10. The van der Waals surface area contributed by atoms with Crippen molar-refractivity contribution in [3.8, 4) is 0 Å². The zero-order chi connectivity index (χ0) is 26.5. The van der Waals surface area contributed by atoms with Gasteiger partial charge in [-0.1, -0.05) is 61.2 Å². The number of para-hydroxylation sites is 1. The van der Waals surface area contributed by atoms with Gasteiger partial charge in [-0.25, -0.2) is 12.8 Å². The van der Waals surface area contributed by atoms with Crippen molar-refractivity contribution in [2.75, 3.05) is 17.1 Å². The Balaban J connectivity index is 1.96. The van der Waals surface area contributed by atoms with Crippen LogP contribution in [-0.2, 0) is 26.2 Å². The maximum absolute atomic E-state index is 14.5. The Hall–Kier alpha value is -2.36. The van der Waals surface area contributed by atoms with Gasteiger partial charge in [-0.2, -0.15) is 0 Å². The fourth-order valence-electron chi connectivity index (χ4n) is 4.37. The Morgan fingerprint density at radius 1 is 1.14 bits per heavy atom. The number of hydrogen-bond acceptors (Lipinski definition) is 4. The van der Waals surface area contributed by atoms with Gasteiger partial charge in [-0.3, -0.25) is 13.9 Å². The van der Waals surface area contributed by atoms with E-state index in [1.54, 1.807) is 19.1 Å². The maximum atomic E-state index is 14.5. The van der Waals surface area contributed by atoms with Gasteiger partial charge >= 0.3 is 0 Å². The molecule has 1 aliphatic carbocycles. The molecule has 0 aromatic heterocycles. The summed E-state index contributed by atoms with van der Waals surface area (Å²) in [4.78, 5) is 28.2. The van der Waals surface area contributed by atoms with Crippen molar-refractivity contribution in [3.05, 3.63) is 63.9 Å². The number of amides is 2. The number of sulfonamides is 1. The van der Waals surface area contributed by atoms with Gasteiger partial charge in [-0.15, -0.1) is 0 Å². The summed E-state index contributed by atoms with van der Waals surface area (Å²) in [6, 6.07) is 9.27. The number of halogens is 3. The first-order valence-electron chi connectivity index (χ1n) is 11.8. The summed E-state index contributed by atoms with van der Waals surface area (Å²) < 4.78 is 40.4. The van der Waals surface area contributed by atoms with E-state index in [1.165, 1.54) is 29.2 Å². The van der Waals surface area contributed by atoms with Crippen molar-refractivity contribution in [2.45, 2.75) is 57.7 Å². The number of carbonyl (C=O) groups excluding carboxylic acids is 2. The minimum absolute atomic E-state index is 0.0357. The van der Waals surface area contributed by atoms with Gasteiger partial charge in [0, 0.05) is 22.6 Å². The highest BCUT2D eigenvalue weighted by Crippen LogP contribution is 2.26. The smallest absolute Gasteiger partial charge is 0.244 e. The van der Waals surface area contributed by atoms with Crippen molar-refractivity contribution in [1.29, 1.82) is 0 Å². The summed E-state index contributed by atoms with van der Waals surface area (Å²) in [5.74, 6) is -1.77. The largest absolute Gasteiger partial charge is 0.352 e. The highest BCUT2D eigenvalue weighted by molar-refractivity contribution is 7.92. The van der Waals surface area contributed by atoms with E-state index in [0.29, 0.717) is 19.9 Å². The second kappa shape index (κ2) is 12.3. The lowest BCUT2D eigenvalue weighted by Crippen LogP contribution is -2.53. The van der Waals surface area contributed by atoms with Crippen molar-refractivity contribution in [2.24, 2.45) is 0 Å². The lowest BCUT2D eigenvalue weighted by atomic mass is 10.1. The second-order valence-electron chi connectivity index (χ2n) is 8.89. The molecule has 1 atom stereocenters. The van der Waals surface area contributed by atoms with E-state index < -0.39 is 34.3 Å². The molecule has 1 N–H and O–H groups in total. The molecule has 0 radical (unpaired) electrons. The monoisotopic (exact) mass is 557 g/mol. The van der Waals surface area contributed by atoms with Crippen molar-refractivity contribution < 1.29 is 22.4 Å². The fraction of sp³-hybridized carbons (Fsp3) is 0.440. The molecular weight excluding hydrogens is 528 g/mol. The number of hydrogen-bond donors (Lipinski definition) is 1. The average Bonchev–Trinajstić information content (AvgIpc) is 3.31. The number of nitrogens with zero attached hydrogens (tertiary/aromatic N) is 2. The molecule has 0 heterocycles. The molecule has 0 bridgehead atoms. The molecule has 2 amide bonds. The molecule has 196 valence electrons. The molecule has 1 aliphatic rings. The zero-order valence-electron chi connectivity index (χ0n) is 20.2. The van der Waals surface area contributed by atoms with Crippen LogP contribution in [0.15, 0.2) is 42.5 Å². The minimum Gasteiger partial charge on any atom is -0.352 e. The van der Waals surface area contributed by atoms with Crippen LogP contribution < -0.4 is 9.62 Å². The molecule has 0 saturated heterocycles. The molecule has 0 spiro atoms. The molecule has 3 rings (SSSR count). The Bertz CT molecular complexity index is 1210. The predicted octanol–water partition coefficient (Wildman–Crippen LogP) is 4.76. The first-order chi connectivity index (χ1) is 17.0. The molecule has 7 nitrogen and oxygen atoms in total. The molecule has 1 unspecified atom stereocenters. The highest BCUT2D eigenvalue weighted by Gasteiger charge is 2.33. The highest BCUT2D eigenvalue weighted by atomic mass is 35.5. The van der Waals surface area contributed by atoms with E-state index >= 15 is 0 Å². The molecule has 2 aromatic rings. The van der Waals surface area contributed by atoms with Crippen molar-refractivity contribution in [1.82, 2.24) is 10.2 Å². The maximum Gasteiger partial charge on any atom is 0.244 e. The molecule has 11 heteroatoms. The van der Waals surface area contributed by atoms with E-state index in [0.717, 1.165) is 38.0 Å². The quantitative estimate of drug-likeness (QED) is 0.456. The van der Waals surface area contributed by atoms with E-state index in [9.17, 15) is 22.4 Å². The predicted molar refractivity (Wildman–Crippen MR) is 140 cm³/mol. The van der Waals surface area contributed by atoms with E-state index in [1.807, 2.05) is 0 Å². The fourth-order valence-corrected chi connectivity index (χ4v) is 5.69. The number of benzene rings is 2. The molecule has 1 fully saturated rings. The minimum atomic E-state index is -4.03. The third-order valence-corrected chi connectivity index (χ3v) is 7.96. The summed E-state index contributed by atoms with van der Waals surface area (Å²) in [5.41, 5.74) is 0.291. The van der Waals surface area contributed by atoms with Gasteiger partial charge in [0.2, 0.25) is 21.8 Å². The van der Waals surface area contributed by atoms with Crippen LogP contribution in [0.4, 0.5) is 10.1 Å². The molecule has 36 heavy (non-hydrogen) atoms. The van der Waals surface area contributed by atoms with E-state index in [4.69, 9.17) is 23.2 Å². The van der Waals surface area contributed by atoms with Crippen LogP contribution in [0.3, 0.4) is 0 Å². The van der Waals surface area contributed by atoms with Gasteiger partial charge in [0.25, 0.3) is 0 Å². The topological polar surface area (TPSA) is 86.8 Å². The summed E-state index contributed by atoms with van der Waals surface area (Å²) in [7, 11) is -4.03. The standard InChI is InChI=1S/C25H30Cl2FN3O4S/c1-3-22(25(33)29-19-8-4-5-9-19)30(15-17-12-13-18(26)14-20(17)27)24(32)16-31(36(2,34)35)23-11-7-6-10-21(23)28/h6-7,10-14,19,22H,3-5,8-9,15-16H2,1-2H3,(H,29,33). The Labute approximate surface area is 221 Å². The third kappa shape index (κ3) is 7.11. The average molecular weight is 559 g/mol. The summed E-state index contributed by atoms with van der Waals surface area (Å²) in [6.45, 7) is 1.03. The van der Waals surface area contributed by atoms with Gasteiger partial charge in [0.1, 0.15) is 18.4 Å². The third-order valence-electron chi connectivity index (χ3n) is 6.24. The second-order valence-corrected chi connectivity index (χ2v) is 11.6. The molecule has 2 aromatic carbocycles. The molecule has 1 saturated carbocycles. The van der Waals surface area contributed by atoms with Gasteiger partial charge < -0.3 is 10.2 Å². The zero-order valence-corrected chi connectivity index (χ0v) is 22.5. The lowest BCUT2D eigenvalue weighted by molar-refractivity contribution is -0.140. The SMILES string of the molecule is CCC(C(=O)NC1CCCC1)N(Cc1ccc(Cl)cc1Cl)C(=O)CN(c1ccccc1F)S(C)(=O)=O. The lowest BCUT2D eigenvalue weighted by Gasteiger charge is -2.33. The molecular formula is C25H30Cl2FN3O4S. The van der Waals surface area contributed by atoms with E-state index in [-0.39, 0.29) is 30.6 Å². The van der Waals surface area contributed by atoms with Crippen LogP contribution in [-0.4, -0.2) is 50.0 Å². The van der Waals surface area contributed by atoms with E-state index in [2.05, 4.69) is 5.32 Å². The summed E-state index contributed by atoms with van der Waals surface area (Å²) in [5, 5.41) is 3.74. The first-order valence-corrected chi connectivity index (χ1v) is 14.4.